The second-order valence-electron chi connectivity index (χ2n) is 6.96. The summed E-state index contributed by atoms with van der Waals surface area (Å²) >= 11 is 9.72. The normalized spacial score (nSPS) is 10.8. The molecule has 1 amide bonds. The van der Waals surface area contributed by atoms with Gasteiger partial charge in [-0.3, -0.25) is 4.79 Å². The largest absolute Gasteiger partial charge is 0.493 e. The molecule has 172 valence electrons. The van der Waals surface area contributed by atoms with Crippen molar-refractivity contribution in [2.45, 2.75) is 6.61 Å². The maximum atomic E-state index is 12.5. The molecule has 0 saturated heterocycles. The molecule has 0 aliphatic heterocycles. The maximum absolute atomic E-state index is 12.5. The van der Waals surface area contributed by atoms with Crippen molar-refractivity contribution in [3.05, 3.63) is 92.4 Å². The molecule has 0 saturated carbocycles. The van der Waals surface area contributed by atoms with Crippen molar-refractivity contribution in [3.8, 4) is 17.6 Å². The molecule has 2 N–H and O–H groups in total. The Balaban J connectivity index is 1.78. The number of nitriles is 1. The first-order chi connectivity index (χ1) is 16.3. The van der Waals surface area contributed by atoms with Crippen LogP contribution in [0.3, 0.4) is 0 Å². The summed E-state index contributed by atoms with van der Waals surface area (Å²) in [5.41, 5.74) is 1.82. The van der Waals surface area contributed by atoms with E-state index in [0.29, 0.717) is 17.0 Å². The molecule has 0 aliphatic rings. The van der Waals surface area contributed by atoms with Gasteiger partial charge in [-0.2, -0.15) is 5.26 Å². The van der Waals surface area contributed by atoms with Gasteiger partial charge in [-0.05, 0) is 65.7 Å². The first-order valence-corrected chi connectivity index (χ1v) is 11.0. The van der Waals surface area contributed by atoms with Crippen LogP contribution in [0.1, 0.15) is 21.5 Å². The minimum Gasteiger partial charge on any atom is -0.493 e. The molecule has 7 nitrogen and oxygen atoms in total. The number of nitrogens with one attached hydrogen (secondary N) is 1. The van der Waals surface area contributed by atoms with Crippen molar-refractivity contribution < 1.29 is 24.2 Å². The lowest BCUT2D eigenvalue weighted by Gasteiger charge is -2.14. The van der Waals surface area contributed by atoms with Crippen LogP contribution in [0.2, 0.25) is 5.02 Å². The number of hydrogen-bond acceptors (Lipinski definition) is 5. The first-order valence-electron chi connectivity index (χ1n) is 9.82. The fraction of sp³-hybridized carbons (Fsp3) is 0.0800. The number of amides is 1. The Morgan fingerprint density at radius 1 is 1.15 bits per heavy atom. The van der Waals surface area contributed by atoms with Crippen molar-refractivity contribution in [1.82, 2.24) is 0 Å². The lowest BCUT2D eigenvalue weighted by Crippen LogP contribution is -2.13. The summed E-state index contributed by atoms with van der Waals surface area (Å²) in [6.07, 6.45) is 1.40. The highest BCUT2D eigenvalue weighted by Crippen LogP contribution is 2.37. The van der Waals surface area contributed by atoms with E-state index in [2.05, 4.69) is 21.2 Å². The first kappa shape index (κ1) is 24.8. The van der Waals surface area contributed by atoms with E-state index in [4.69, 9.17) is 26.2 Å². The molecule has 3 aromatic rings. The zero-order chi connectivity index (χ0) is 24.7. The Kier molecular flexibility index (Phi) is 8.30. The van der Waals surface area contributed by atoms with Crippen LogP contribution in [-0.2, 0) is 11.4 Å². The van der Waals surface area contributed by atoms with Gasteiger partial charge in [0.1, 0.15) is 18.2 Å². The fourth-order valence-electron chi connectivity index (χ4n) is 2.91. The molecule has 0 radical (unpaired) electrons. The Morgan fingerprint density at radius 2 is 1.82 bits per heavy atom. The SMILES string of the molecule is COc1cc(/C=C(/C#N)C(=O)Nc2ccc(Br)cc2)cc(Cl)c1OCc1ccc(C(=O)O)cc1. The van der Waals surface area contributed by atoms with Crippen molar-refractivity contribution in [2.24, 2.45) is 0 Å². The van der Waals surface area contributed by atoms with E-state index in [-0.39, 0.29) is 28.5 Å². The number of ether oxygens (including phenoxy) is 2. The molecular formula is C25H18BrClN2O5. The van der Waals surface area contributed by atoms with Gasteiger partial charge in [0.05, 0.1) is 17.7 Å². The predicted octanol–water partition coefficient (Wildman–Crippen LogP) is 5.93. The summed E-state index contributed by atoms with van der Waals surface area (Å²) in [6.45, 7) is 0.129. The van der Waals surface area contributed by atoms with Gasteiger partial charge < -0.3 is 19.9 Å². The number of nitrogens with zero attached hydrogens (tertiary/aromatic N) is 1. The maximum Gasteiger partial charge on any atom is 0.335 e. The van der Waals surface area contributed by atoms with Crippen LogP contribution in [0, 0.1) is 11.3 Å². The number of rotatable bonds is 8. The highest BCUT2D eigenvalue weighted by Gasteiger charge is 2.15. The molecule has 0 aromatic heterocycles. The summed E-state index contributed by atoms with van der Waals surface area (Å²) in [5.74, 6) is -0.985. The van der Waals surface area contributed by atoms with Gasteiger partial charge in [0.25, 0.3) is 5.91 Å². The molecule has 0 unspecified atom stereocenters. The van der Waals surface area contributed by atoms with Gasteiger partial charge in [0.2, 0.25) is 0 Å². The quantitative estimate of drug-likeness (QED) is 0.270. The lowest BCUT2D eigenvalue weighted by atomic mass is 10.1. The second kappa shape index (κ2) is 11.4. The molecule has 0 fully saturated rings. The Morgan fingerprint density at radius 3 is 2.41 bits per heavy atom. The number of hydrogen-bond donors (Lipinski definition) is 2. The van der Waals surface area contributed by atoms with E-state index < -0.39 is 11.9 Å². The average molecular weight is 542 g/mol. The number of carboxylic acid groups (broad SMARTS) is 1. The third-order valence-electron chi connectivity index (χ3n) is 4.61. The Labute approximate surface area is 209 Å². The van der Waals surface area contributed by atoms with E-state index in [1.807, 2.05) is 6.07 Å². The monoisotopic (exact) mass is 540 g/mol. The van der Waals surface area contributed by atoms with Crippen molar-refractivity contribution >= 4 is 51.2 Å². The number of aromatic carboxylic acids is 1. The number of halogens is 2. The van der Waals surface area contributed by atoms with E-state index in [1.165, 1.54) is 25.3 Å². The van der Waals surface area contributed by atoms with Crippen molar-refractivity contribution in [2.75, 3.05) is 12.4 Å². The number of benzene rings is 3. The van der Waals surface area contributed by atoms with Crippen molar-refractivity contribution in [1.29, 1.82) is 5.26 Å². The van der Waals surface area contributed by atoms with Crippen LogP contribution in [-0.4, -0.2) is 24.1 Å². The van der Waals surface area contributed by atoms with Gasteiger partial charge in [0, 0.05) is 10.2 Å². The van der Waals surface area contributed by atoms with Crippen LogP contribution >= 0.6 is 27.5 Å². The molecular weight excluding hydrogens is 524 g/mol. The molecule has 0 atom stereocenters. The third-order valence-corrected chi connectivity index (χ3v) is 5.42. The highest BCUT2D eigenvalue weighted by atomic mass is 79.9. The third kappa shape index (κ3) is 6.38. The molecule has 0 bridgehead atoms. The summed E-state index contributed by atoms with van der Waals surface area (Å²) in [5, 5.41) is 21.4. The molecule has 3 aromatic carbocycles. The number of carbonyl (C=O) groups excluding carboxylic acids is 1. The van der Waals surface area contributed by atoms with Gasteiger partial charge in [0.15, 0.2) is 11.5 Å². The van der Waals surface area contributed by atoms with Gasteiger partial charge in [-0.15, -0.1) is 0 Å². The molecule has 3 rings (SSSR count). The van der Waals surface area contributed by atoms with Crippen LogP contribution < -0.4 is 14.8 Å². The number of anilines is 1. The predicted molar refractivity (Wildman–Crippen MR) is 132 cm³/mol. The van der Waals surface area contributed by atoms with Crippen LogP contribution in [0.5, 0.6) is 11.5 Å². The summed E-state index contributed by atoms with van der Waals surface area (Å²) in [7, 11) is 1.44. The van der Waals surface area contributed by atoms with Crippen molar-refractivity contribution in [3.63, 3.8) is 0 Å². The van der Waals surface area contributed by atoms with E-state index in [1.54, 1.807) is 48.5 Å². The second-order valence-corrected chi connectivity index (χ2v) is 8.28. The average Bonchev–Trinajstić information content (AvgIpc) is 2.83. The highest BCUT2D eigenvalue weighted by molar-refractivity contribution is 9.10. The van der Waals surface area contributed by atoms with Gasteiger partial charge >= 0.3 is 5.97 Å². The molecule has 0 heterocycles. The molecule has 9 heteroatoms. The Bertz CT molecular complexity index is 1280. The zero-order valence-corrected chi connectivity index (χ0v) is 20.2. The molecule has 0 aliphatic carbocycles. The smallest absolute Gasteiger partial charge is 0.335 e. The number of methoxy groups -OCH3 is 1. The van der Waals surface area contributed by atoms with Gasteiger partial charge in [-0.25, -0.2) is 4.79 Å². The standard InChI is InChI=1S/C25H18BrClN2O5/c1-33-22-12-16(10-18(13-28)24(30)29-20-8-6-19(26)7-9-20)11-21(27)23(22)34-14-15-2-4-17(5-3-15)25(31)32/h2-12H,14H2,1H3,(H,29,30)(H,31,32)/b18-10-. The van der Waals surface area contributed by atoms with Crippen LogP contribution in [0.4, 0.5) is 5.69 Å². The Hall–Kier alpha value is -3.80. The van der Waals surface area contributed by atoms with E-state index in [9.17, 15) is 14.9 Å². The van der Waals surface area contributed by atoms with Crippen LogP contribution in [0.15, 0.2) is 70.7 Å². The van der Waals surface area contributed by atoms with Crippen LogP contribution in [0.25, 0.3) is 6.08 Å². The summed E-state index contributed by atoms with van der Waals surface area (Å²) in [4.78, 5) is 23.5. The zero-order valence-electron chi connectivity index (χ0n) is 17.8. The number of carboxylic acids is 1. The fourth-order valence-corrected chi connectivity index (χ4v) is 3.45. The van der Waals surface area contributed by atoms with E-state index >= 15 is 0 Å². The minimum atomic E-state index is -1.01. The molecule has 0 spiro atoms. The number of carbonyl (C=O) groups is 2. The molecule has 34 heavy (non-hydrogen) atoms. The topological polar surface area (TPSA) is 109 Å². The van der Waals surface area contributed by atoms with Gasteiger partial charge in [-0.1, -0.05) is 39.7 Å². The van der Waals surface area contributed by atoms with E-state index in [0.717, 1.165) is 10.0 Å². The summed E-state index contributed by atoms with van der Waals surface area (Å²) in [6, 6.07) is 18.3. The lowest BCUT2D eigenvalue weighted by molar-refractivity contribution is -0.112. The summed E-state index contributed by atoms with van der Waals surface area (Å²) < 4.78 is 12.0. The minimum absolute atomic E-state index is 0.117.